The number of likely N-dealkylation sites (tertiary alicyclic amines) is 1. The van der Waals surface area contributed by atoms with Gasteiger partial charge in [-0.3, -0.25) is 4.90 Å². The molecule has 2 nitrogen and oxygen atoms in total. The van der Waals surface area contributed by atoms with Gasteiger partial charge in [0.15, 0.2) is 0 Å². The fraction of sp³-hybridized carbons (Fsp3) is 1.00. The van der Waals surface area contributed by atoms with Crippen LogP contribution in [0, 0.1) is 11.8 Å². The minimum atomic E-state index is 0.243. The SMILES string of the molecule is CCCCCCC(C)(CN)N1CC(C)C(C)C1. The minimum absolute atomic E-state index is 0.243. The van der Waals surface area contributed by atoms with Gasteiger partial charge < -0.3 is 5.73 Å². The molecule has 0 aromatic rings. The molecule has 1 aliphatic heterocycles. The monoisotopic (exact) mass is 240 g/mol. The van der Waals surface area contributed by atoms with E-state index in [1.807, 2.05) is 0 Å². The first-order chi connectivity index (χ1) is 8.03. The predicted molar refractivity (Wildman–Crippen MR) is 76.1 cm³/mol. The van der Waals surface area contributed by atoms with E-state index in [1.165, 1.54) is 45.2 Å². The number of hydrogen-bond donors (Lipinski definition) is 1. The smallest absolute Gasteiger partial charge is 0.0303 e. The summed E-state index contributed by atoms with van der Waals surface area (Å²) in [6, 6.07) is 0. The van der Waals surface area contributed by atoms with E-state index < -0.39 is 0 Å². The highest BCUT2D eigenvalue weighted by Gasteiger charge is 2.37. The third-order valence-corrected chi connectivity index (χ3v) is 4.76. The second kappa shape index (κ2) is 6.75. The fourth-order valence-corrected chi connectivity index (χ4v) is 2.89. The van der Waals surface area contributed by atoms with E-state index in [-0.39, 0.29) is 5.54 Å². The van der Waals surface area contributed by atoms with Crippen molar-refractivity contribution in [2.24, 2.45) is 17.6 Å². The van der Waals surface area contributed by atoms with E-state index in [4.69, 9.17) is 5.73 Å². The molecular weight excluding hydrogens is 208 g/mol. The van der Waals surface area contributed by atoms with Crippen molar-refractivity contribution in [2.45, 2.75) is 65.3 Å². The zero-order valence-corrected chi connectivity index (χ0v) is 12.3. The molecule has 0 aromatic heterocycles. The third-order valence-electron chi connectivity index (χ3n) is 4.76. The zero-order chi connectivity index (χ0) is 12.9. The summed E-state index contributed by atoms with van der Waals surface area (Å²) in [5, 5.41) is 0. The summed E-state index contributed by atoms with van der Waals surface area (Å²) in [4.78, 5) is 2.65. The van der Waals surface area contributed by atoms with Crippen LogP contribution in [-0.2, 0) is 0 Å². The Kier molecular flexibility index (Phi) is 5.94. The van der Waals surface area contributed by atoms with Gasteiger partial charge in [0, 0.05) is 25.2 Å². The van der Waals surface area contributed by atoms with Crippen LogP contribution in [0.1, 0.15) is 59.8 Å². The Bertz CT molecular complexity index is 207. The maximum absolute atomic E-state index is 6.05. The molecule has 1 saturated heterocycles. The molecule has 0 spiro atoms. The second-order valence-electron chi connectivity index (χ2n) is 6.37. The molecule has 0 radical (unpaired) electrons. The molecular formula is C15H32N2. The Morgan fingerprint density at radius 1 is 1.12 bits per heavy atom. The molecule has 1 aliphatic rings. The Balaban J connectivity index is 2.44. The van der Waals surface area contributed by atoms with Crippen molar-refractivity contribution < 1.29 is 0 Å². The Labute approximate surface area is 108 Å². The lowest BCUT2D eigenvalue weighted by molar-refractivity contribution is 0.122. The summed E-state index contributed by atoms with van der Waals surface area (Å²) in [5.41, 5.74) is 6.29. The lowest BCUT2D eigenvalue weighted by atomic mass is 9.92. The molecule has 1 heterocycles. The molecule has 0 amide bonds. The van der Waals surface area contributed by atoms with Gasteiger partial charge >= 0.3 is 0 Å². The molecule has 1 fully saturated rings. The zero-order valence-electron chi connectivity index (χ0n) is 12.3. The summed E-state index contributed by atoms with van der Waals surface area (Å²) in [6.07, 6.45) is 6.65. The van der Waals surface area contributed by atoms with E-state index in [1.54, 1.807) is 0 Å². The molecule has 102 valence electrons. The van der Waals surface area contributed by atoms with Crippen LogP contribution < -0.4 is 5.73 Å². The summed E-state index contributed by atoms with van der Waals surface area (Å²) in [7, 11) is 0. The van der Waals surface area contributed by atoms with Crippen molar-refractivity contribution in [3.8, 4) is 0 Å². The Hall–Kier alpha value is -0.0800. The number of nitrogens with two attached hydrogens (primary N) is 1. The van der Waals surface area contributed by atoms with Crippen molar-refractivity contribution in [1.29, 1.82) is 0 Å². The first-order valence-electron chi connectivity index (χ1n) is 7.48. The molecule has 0 aromatic carbocycles. The standard InChI is InChI=1S/C15H32N2/c1-5-6-7-8-9-15(4,12-16)17-10-13(2)14(3)11-17/h13-14H,5-12,16H2,1-4H3. The van der Waals surface area contributed by atoms with E-state index >= 15 is 0 Å². The topological polar surface area (TPSA) is 29.3 Å². The summed E-state index contributed by atoms with van der Waals surface area (Å²) >= 11 is 0. The molecule has 3 unspecified atom stereocenters. The van der Waals surface area contributed by atoms with Gasteiger partial charge in [-0.1, -0.05) is 46.5 Å². The highest BCUT2D eigenvalue weighted by Crippen LogP contribution is 2.31. The lowest BCUT2D eigenvalue weighted by Crippen LogP contribution is -2.50. The van der Waals surface area contributed by atoms with Crippen LogP contribution in [0.15, 0.2) is 0 Å². The first kappa shape index (κ1) is 15.0. The van der Waals surface area contributed by atoms with Gasteiger partial charge in [0.1, 0.15) is 0 Å². The highest BCUT2D eigenvalue weighted by molar-refractivity contribution is 4.93. The van der Waals surface area contributed by atoms with Gasteiger partial charge in [0.2, 0.25) is 0 Å². The van der Waals surface area contributed by atoms with Gasteiger partial charge in [-0.2, -0.15) is 0 Å². The van der Waals surface area contributed by atoms with E-state index in [9.17, 15) is 0 Å². The van der Waals surface area contributed by atoms with Gasteiger partial charge in [0.25, 0.3) is 0 Å². The number of rotatable bonds is 7. The van der Waals surface area contributed by atoms with Gasteiger partial charge in [-0.25, -0.2) is 0 Å². The average molecular weight is 240 g/mol. The van der Waals surface area contributed by atoms with Crippen LogP contribution in [0.2, 0.25) is 0 Å². The van der Waals surface area contributed by atoms with Crippen LogP contribution in [0.5, 0.6) is 0 Å². The first-order valence-corrected chi connectivity index (χ1v) is 7.48. The molecule has 0 aliphatic carbocycles. The maximum atomic E-state index is 6.05. The molecule has 1 rings (SSSR count). The Morgan fingerprint density at radius 2 is 1.71 bits per heavy atom. The van der Waals surface area contributed by atoms with Gasteiger partial charge in [0.05, 0.1) is 0 Å². The van der Waals surface area contributed by atoms with Crippen molar-refractivity contribution in [3.63, 3.8) is 0 Å². The highest BCUT2D eigenvalue weighted by atomic mass is 15.2. The lowest BCUT2D eigenvalue weighted by Gasteiger charge is -2.38. The van der Waals surface area contributed by atoms with E-state index in [0.29, 0.717) is 0 Å². The normalized spacial score (nSPS) is 29.5. The van der Waals surface area contributed by atoms with Crippen LogP contribution in [0.25, 0.3) is 0 Å². The van der Waals surface area contributed by atoms with Gasteiger partial charge in [-0.05, 0) is 25.2 Å². The fourth-order valence-electron chi connectivity index (χ4n) is 2.89. The number of nitrogens with zero attached hydrogens (tertiary/aromatic N) is 1. The van der Waals surface area contributed by atoms with Crippen molar-refractivity contribution in [1.82, 2.24) is 4.90 Å². The average Bonchev–Trinajstić information content (AvgIpc) is 2.65. The molecule has 17 heavy (non-hydrogen) atoms. The molecule has 2 N–H and O–H groups in total. The Morgan fingerprint density at radius 3 is 2.18 bits per heavy atom. The minimum Gasteiger partial charge on any atom is -0.329 e. The third kappa shape index (κ3) is 3.96. The maximum Gasteiger partial charge on any atom is 0.0303 e. The van der Waals surface area contributed by atoms with E-state index in [2.05, 4.69) is 32.6 Å². The predicted octanol–water partition coefficient (Wildman–Crippen LogP) is 3.26. The quantitative estimate of drug-likeness (QED) is 0.692. The van der Waals surface area contributed by atoms with Crippen molar-refractivity contribution in [3.05, 3.63) is 0 Å². The van der Waals surface area contributed by atoms with Crippen molar-refractivity contribution >= 4 is 0 Å². The second-order valence-corrected chi connectivity index (χ2v) is 6.37. The van der Waals surface area contributed by atoms with E-state index in [0.717, 1.165) is 18.4 Å². The summed E-state index contributed by atoms with van der Waals surface area (Å²) in [5.74, 6) is 1.66. The summed E-state index contributed by atoms with van der Waals surface area (Å²) < 4.78 is 0. The molecule has 3 atom stereocenters. The van der Waals surface area contributed by atoms with Crippen LogP contribution in [-0.4, -0.2) is 30.1 Å². The van der Waals surface area contributed by atoms with Crippen LogP contribution >= 0.6 is 0 Å². The number of unbranched alkanes of at least 4 members (excludes halogenated alkanes) is 3. The van der Waals surface area contributed by atoms with Crippen LogP contribution in [0.4, 0.5) is 0 Å². The largest absolute Gasteiger partial charge is 0.329 e. The molecule has 0 bridgehead atoms. The molecule has 0 saturated carbocycles. The summed E-state index contributed by atoms with van der Waals surface area (Å²) in [6.45, 7) is 12.7. The number of hydrogen-bond acceptors (Lipinski definition) is 2. The van der Waals surface area contributed by atoms with Gasteiger partial charge in [-0.15, -0.1) is 0 Å². The van der Waals surface area contributed by atoms with Crippen LogP contribution in [0.3, 0.4) is 0 Å². The molecule has 2 heteroatoms. The van der Waals surface area contributed by atoms with Crippen molar-refractivity contribution in [2.75, 3.05) is 19.6 Å².